The van der Waals surface area contributed by atoms with Crippen LogP contribution in [0.5, 0.6) is 0 Å². The van der Waals surface area contributed by atoms with Crippen molar-refractivity contribution in [1.82, 2.24) is 10.6 Å². The van der Waals surface area contributed by atoms with Crippen molar-refractivity contribution >= 4 is 39.7 Å². The van der Waals surface area contributed by atoms with Crippen LogP contribution in [0, 0.1) is 33.6 Å². The maximum absolute atomic E-state index is 12.7. The van der Waals surface area contributed by atoms with Crippen LogP contribution in [0.2, 0.25) is 0 Å². The van der Waals surface area contributed by atoms with E-state index in [9.17, 15) is 19.2 Å². The Balaban J connectivity index is 1.74. The number of benzene rings is 1. The van der Waals surface area contributed by atoms with Gasteiger partial charge >= 0.3 is 11.6 Å². The number of carboxylic acid groups (broad SMARTS) is 1. The maximum atomic E-state index is 12.7. The van der Waals surface area contributed by atoms with E-state index in [1.54, 1.807) is 13.8 Å². The second kappa shape index (κ2) is 9.70. The average molecular weight is 471 g/mol. The second-order valence-electron chi connectivity index (χ2n) is 8.94. The van der Waals surface area contributed by atoms with Gasteiger partial charge in [-0.1, -0.05) is 13.8 Å². The first-order chi connectivity index (χ1) is 15.9. The summed E-state index contributed by atoms with van der Waals surface area (Å²) >= 11 is 0. The van der Waals surface area contributed by atoms with Crippen LogP contribution in [0.4, 0.5) is 0 Å². The van der Waals surface area contributed by atoms with Gasteiger partial charge in [0, 0.05) is 28.3 Å². The molecule has 0 saturated heterocycles. The topological polar surface area (TPSA) is 139 Å². The smallest absolute Gasteiger partial charge is 0.339 e. The van der Waals surface area contributed by atoms with Crippen LogP contribution >= 0.6 is 0 Å². The summed E-state index contributed by atoms with van der Waals surface area (Å²) in [5.74, 6) is -1.66. The quantitative estimate of drug-likeness (QED) is 0.430. The molecule has 2 heterocycles. The fourth-order valence-corrected chi connectivity index (χ4v) is 4.03. The van der Waals surface area contributed by atoms with Gasteiger partial charge in [-0.2, -0.15) is 0 Å². The molecule has 9 nitrogen and oxygen atoms in total. The van der Waals surface area contributed by atoms with Gasteiger partial charge in [0.15, 0.2) is 0 Å². The van der Waals surface area contributed by atoms with Crippen molar-refractivity contribution in [2.24, 2.45) is 5.92 Å². The SMILES string of the molecule is Cc1oc2c(C)c3oc(=O)c(CCC(=O)NCC(=O)N[C@@H](C(=O)O)C(C)C)c(C)c3cc2c1C. The maximum Gasteiger partial charge on any atom is 0.339 e. The molecule has 3 rings (SSSR count). The van der Waals surface area contributed by atoms with Gasteiger partial charge < -0.3 is 24.6 Å². The van der Waals surface area contributed by atoms with Crippen molar-refractivity contribution in [1.29, 1.82) is 0 Å². The minimum Gasteiger partial charge on any atom is -0.480 e. The number of carboxylic acids is 1. The summed E-state index contributed by atoms with van der Waals surface area (Å²) in [6.45, 7) is 10.5. The number of hydrogen-bond donors (Lipinski definition) is 3. The molecule has 0 fully saturated rings. The zero-order valence-corrected chi connectivity index (χ0v) is 20.3. The first-order valence-corrected chi connectivity index (χ1v) is 11.2. The van der Waals surface area contributed by atoms with Crippen LogP contribution in [0.3, 0.4) is 0 Å². The van der Waals surface area contributed by atoms with Crippen molar-refractivity contribution in [3.63, 3.8) is 0 Å². The Morgan fingerprint density at radius 1 is 0.941 bits per heavy atom. The molecule has 0 aliphatic carbocycles. The van der Waals surface area contributed by atoms with Gasteiger partial charge in [0.1, 0.15) is 23.0 Å². The van der Waals surface area contributed by atoms with E-state index in [1.807, 2.05) is 33.8 Å². The number of rotatable bonds is 8. The highest BCUT2D eigenvalue weighted by Crippen LogP contribution is 2.34. The normalized spacial score (nSPS) is 12.3. The average Bonchev–Trinajstić information content (AvgIpc) is 3.05. The molecule has 0 radical (unpaired) electrons. The first kappa shape index (κ1) is 25.0. The number of aliphatic carboxylic acids is 1. The highest BCUT2D eigenvalue weighted by molar-refractivity contribution is 6.00. The van der Waals surface area contributed by atoms with Crippen molar-refractivity contribution in [3.8, 4) is 0 Å². The van der Waals surface area contributed by atoms with Gasteiger partial charge in [0.05, 0.1) is 6.54 Å². The molecule has 0 spiro atoms. The number of aryl methyl sites for hydroxylation is 4. The molecular weight excluding hydrogens is 440 g/mol. The summed E-state index contributed by atoms with van der Waals surface area (Å²) in [6, 6.07) is 0.912. The molecule has 34 heavy (non-hydrogen) atoms. The van der Waals surface area contributed by atoms with Gasteiger partial charge in [-0.05, 0) is 57.2 Å². The Hall–Kier alpha value is -3.62. The van der Waals surface area contributed by atoms with E-state index in [1.165, 1.54) is 0 Å². The number of amides is 2. The number of carbonyl (C=O) groups excluding carboxylic acids is 2. The summed E-state index contributed by atoms with van der Waals surface area (Å²) in [5, 5.41) is 15.7. The lowest BCUT2D eigenvalue weighted by atomic mass is 9.98. The van der Waals surface area contributed by atoms with Gasteiger partial charge in [-0.3, -0.25) is 9.59 Å². The van der Waals surface area contributed by atoms with Crippen molar-refractivity contribution < 1.29 is 28.3 Å². The van der Waals surface area contributed by atoms with E-state index >= 15 is 0 Å². The Morgan fingerprint density at radius 2 is 1.56 bits per heavy atom. The zero-order valence-electron chi connectivity index (χ0n) is 20.3. The van der Waals surface area contributed by atoms with Crippen LogP contribution in [0.1, 0.15) is 48.3 Å². The molecule has 0 aliphatic heterocycles. The largest absolute Gasteiger partial charge is 0.480 e. The first-order valence-electron chi connectivity index (χ1n) is 11.2. The molecule has 182 valence electrons. The third kappa shape index (κ3) is 4.83. The van der Waals surface area contributed by atoms with E-state index in [0.29, 0.717) is 16.7 Å². The fraction of sp³-hybridized carbons (Fsp3) is 0.440. The van der Waals surface area contributed by atoms with Gasteiger partial charge in [-0.25, -0.2) is 9.59 Å². The van der Waals surface area contributed by atoms with Crippen LogP contribution in [-0.4, -0.2) is 35.5 Å². The lowest BCUT2D eigenvalue weighted by Gasteiger charge is -2.18. The second-order valence-corrected chi connectivity index (χ2v) is 8.94. The number of furan rings is 1. The predicted molar refractivity (Wildman–Crippen MR) is 127 cm³/mol. The Bertz CT molecular complexity index is 1350. The van der Waals surface area contributed by atoms with E-state index < -0.39 is 29.5 Å². The van der Waals surface area contributed by atoms with Crippen LogP contribution in [0.25, 0.3) is 21.9 Å². The number of fused-ring (bicyclic) bond motifs is 2. The molecule has 3 N–H and O–H groups in total. The van der Waals surface area contributed by atoms with E-state index in [0.717, 1.165) is 33.2 Å². The predicted octanol–water partition coefficient (Wildman–Crippen LogP) is 3.05. The Morgan fingerprint density at radius 3 is 2.18 bits per heavy atom. The van der Waals surface area contributed by atoms with Crippen LogP contribution < -0.4 is 16.3 Å². The zero-order chi connectivity index (χ0) is 25.3. The lowest BCUT2D eigenvalue weighted by Crippen LogP contribution is -2.48. The number of hydrogen-bond acceptors (Lipinski definition) is 6. The molecular formula is C25H30N2O7. The molecule has 0 bridgehead atoms. The minimum absolute atomic E-state index is 0.0258. The van der Waals surface area contributed by atoms with E-state index in [4.69, 9.17) is 13.9 Å². The molecule has 1 aromatic carbocycles. The number of nitrogens with one attached hydrogen (secondary N) is 2. The molecule has 2 amide bonds. The molecule has 9 heteroatoms. The summed E-state index contributed by atoms with van der Waals surface area (Å²) in [4.78, 5) is 48.2. The number of carbonyl (C=O) groups is 3. The summed E-state index contributed by atoms with van der Waals surface area (Å²) < 4.78 is 11.5. The third-order valence-electron chi connectivity index (χ3n) is 6.24. The van der Waals surface area contributed by atoms with Crippen molar-refractivity contribution in [2.45, 2.75) is 60.4 Å². The molecule has 3 aromatic rings. The minimum atomic E-state index is -1.14. The summed E-state index contributed by atoms with van der Waals surface area (Å²) in [5.41, 5.74) is 3.55. The monoisotopic (exact) mass is 470 g/mol. The standard InChI is InChI=1S/C25H30N2O7/c1-11(2)21(24(30)31)27-20(29)10-26-19(28)8-7-16-13(4)18-9-17-12(3)15(6)33-22(17)14(5)23(18)34-25(16)32/h9,11,21H,7-8,10H2,1-6H3,(H,26,28)(H,27,29)(H,30,31)/t21-/m1/s1. The van der Waals surface area contributed by atoms with Gasteiger partial charge in [-0.15, -0.1) is 0 Å². The highest BCUT2D eigenvalue weighted by atomic mass is 16.4. The fourth-order valence-electron chi connectivity index (χ4n) is 4.03. The van der Waals surface area contributed by atoms with Crippen LogP contribution in [0.15, 0.2) is 19.7 Å². The van der Waals surface area contributed by atoms with Gasteiger partial charge in [0.2, 0.25) is 11.8 Å². The molecule has 0 saturated carbocycles. The van der Waals surface area contributed by atoms with E-state index in [-0.39, 0.29) is 25.3 Å². The molecule has 2 aromatic heterocycles. The van der Waals surface area contributed by atoms with Crippen molar-refractivity contribution in [2.75, 3.05) is 6.54 Å². The molecule has 1 atom stereocenters. The third-order valence-corrected chi connectivity index (χ3v) is 6.24. The lowest BCUT2D eigenvalue weighted by molar-refractivity contribution is -0.143. The van der Waals surface area contributed by atoms with Gasteiger partial charge in [0.25, 0.3) is 0 Å². The molecule has 0 unspecified atom stereocenters. The van der Waals surface area contributed by atoms with E-state index in [2.05, 4.69) is 10.6 Å². The van der Waals surface area contributed by atoms with Crippen LogP contribution in [-0.2, 0) is 20.8 Å². The highest BCUT2D eigenvalue weighted by Gasteiger charge is 2.23. The Kier molecular flexibility index (Phi) is 7.14. The molecule has 0 aliphatic rings. The Labute approximate surface area is 196 Å². The van der Waals surface area contributed by atoms with Crippen molar-refractivity contribution in [3.05, 3.63) is 44.5 Å². The summed E-state index contributed by atoms with van der Waals surface area (Å²) in [7, 11) is 0. The summed E-state index contributed by atoms with van der Waals surface area (Å²) in [6.07, 6.45) is 0.115.